The number of amides is 2. The van der Waals surface area contributed by atoms with Gasteiger partial charge in [-0.05, 0) is 35.6 Å². The van der Waals surface area contributed by atoms with Crippen LogP contribution in [0.3, 0.4) is 0 Å². The zero-order chi connectivity index (χ0) is 23.3. The summed E-state index contributed by atoms with van der Waals surface area (Å²) in [6, 6.07) is 15.2. The zero-order valence-electron chi connectivity index (χ0n) is 19.8. The van der Waals surface area contributed by atoms with E-state index in [9.17, 15) is 24.6 Å². The first kappa shape index (κ1) is 30.0. The van der Waals surface area contributed by atoms with Gasteiger partial charge in [-0.3, -0.25) is 4.79 Å². The number of carboxylic acids is 1. The van der Waals surface area contributed by atoms with Crippen molar-refractivity contribution in [3.63, 3.8) is 0 Å². The second kappa shape index (κ2) is 13.7. The summed E-state index contributed by atoms with van der Waals surface area (Å²) >= 11 is 0. The van der Waals surface area contributed by atoms with Crippen LogP contribution in [0.5, 0.6) is 5.75 Å². The van der Waals surface area contributed by atoms with Gasteiger partial charge in [0.1, 0.15) is 5.69 Å². The maximum atomic E-state index is 12.6. The molecule has 3 aromatic rings. The SMILES string of the molecule is Cc1cn(C)c(=O)c(NC(=O)N[C@@H](CC(=O)[O-])c2cccc(Cc3ccccc3)c2)c1[O-].[Na+].[Na+]. The molecule has 3 rings (SSSR count). The molecular weight excluding hydrogens is 456 g/mol. The van der Waals surface area contributed by atoms with Crippen LogP contribution in [0.25, 0.3) is 0 Å². The minimum atomic E-state index is -1.35. The smallest absolute Gasteiger partial charge is 0.871 e. The molecule has 0 aliphatic heterocycles. The van der Waals surface area contributed by atoms with E-state index in [1.165, 1.54) is 24.7 Å². The Bertz CT molecular complexity index is 1200. The van der Waals surface area contributed by atoms with E-state index < -0.39 is 41.5 Å². The summed E-state index contributed by atoms with van der Waals surface area (Å²) in [5, 5.41) is 28.4. The molecule has 0 spiro atoms. The van der Waals surface area contributed by atoms with E-state index >= 15 is 0 Å². The molecule has 34 heavy (non-hydrogen) atoms. The number of pyridine rings is 1. The first-order chi connectivity index (χ1) is 15.2. The molecule has 2 amide bonds. The third-order valence-electron chi connectivity index (χ3n) is 5.03. The topological polar surface area (TPSA) is 126 Å². The molecule has 0 bridgehead atoms. The molecule has 1 aromatic heterocycles. The van der Waals surface area contributed by atoms with E-state index in [2.05, 4.69) is 10.6 Å². The van der Waals surface area contributed by atoms with Gasteiger partial charge in [0.2, 0.25) is 0 Å². The van der Waals surface area contributed by atoms with Gasteiger partial charge in [0, 0.05) is 25.6 Å². The largest absolute Gasteiger partial charge is 1.00 e. The molecule has 0 aliphatic rings. The van der Waals surface area contributed by atoms with Crippen molar-refractivity contribution >= 4 is 17.7 Å². The van der Waals surface area contributed by atoms with Gasteiger partial charge in [-0.15, -0.1) is 0 Å². The summed E-state index contributed by atoms with van der Waals surface area (Å²) in [7, 11) is 1.47. The Kier molecular flexibility index (Phi) is 12.1. The minimum absolute atomic E-state index is 0. The molecule has 10 heteroatoms. The fourth-order valence-electron chi connectivity index (χ4n) is 3.47. The summed E-state index contributed by atoms with van der Waals surface area (Å²) in [6.45, 7) is 1.53. The molecule has 0 saturated heterocycles. The molecule has 0 saturated carbocycles. The van der Waals surface area contributed by atoms with Crippen molar-refractivity contribution in [3.05, 3.63) is 93.4 Å². The number of aromatic nitrogens is 1. The monoisotopic (exact) mass is 479 g/mol. The third kappa shape index (κ3) is 8.01. The number of carbonyl (C=O) groups is 2. The number of hydrogen-bond donors (Lipinski definition) is 2. The van der Waals surface area contributed by atoms with Gasteiger partial charge in [0.15, 0.2) is 0 Å². The van der Waals surface area contributed by atoms with Gasteiger partial charge in [0.05, 0.1) is 6.04 Å². The molecule has 1 heterocycles. The van der Waals surface area contributed by atoms with Crippen molar-refractivity contribution in [2.45, 2.75) is 25.8 Å². The molecule has 0 radical (unpaired) electrons. The number of aliphatic carboxylic acids is 1. The molecule has 2 aromatic carbocycles. The summed E-state index contributed by atoms with van der Waals surface area (Å²) in [5.41, 5.74) is 1.84. The summed E-state index contributed by atoms with van der Waals surface area (Å²) in [5.74, 6) is -1.94. The van der Waals surface area contributed by atoms with Crippen LogP contribution in [-0.4, -0.2) is 16.6 Å². The Morgan fingerprint density at radius 1 is 1.03 bits per heavy atom. The fraction of sp³-hybridized carbons (Fsp3) is 0.208. The number of urea groups is 1. The number of benzene rings is 2. The van der Waals surface area contributed by atoms with E-state index in [0.717, 1.165) is 11.1 Å². The van der Waals surface area contributed by atoms with E-state index in [1.807, 2.05) is 42.5 Å². The second-order valence-corrected chi connectivity index (χ2v) is 7.57. The minimum Gasteiger partial charge on any atom is -0.871 e. The number of carboxylic acid groups (broad SMARTS) is 1. The van der Waals surface area contributed by atoms with E-state index in [4.69, 9.17) is 0 Å². The van der Waals surface area contributed by atoms with Crippen LogP contribution >= 0.6 is 0 Å². The number of hydrogen-bond acceptors (Lipinski definition) is 5. The third-order valence-corrected chi connectivity index (χ3v) is 5.03. The molecule has 8 nitrogen and oxygen atoms in total. The number of aryl methyl sites for hydroxylation is 2. The summed E-state index contributed by atoms with van der Waals surface area (Å²) < 4.78 is 1.19. The van der Waals surface area contributed by atoms with Gasteiger partial charge in [0.25, 0.3) is 5.56 Å². The molecule has 0 fully saturated rings. The number of rotatable bonds is 7. The fourth-order valence-corrected chi connectivity index (χ4v) is 3.47. The average molecular weight is 479 g/mol. The number of nitrogens with zero attached hydrogens (tertiary/aromatic N) is 1. The molecule has 1 atom stereocenters. The number of carbonyl (C=O) groups excluding carboxylic acids is 2. The molecule has 166 valence electrons. The summed E-state index contributed by atoms with van der Waals surface area (Å²) in [6.07, 6.45) is 1.54. The normalized spacial score (nSPS) is 10.9. The Balaban J connectivity index is 0.00000289. The molecule has 2 N–H and O–H groups in total. The van der Waals surface area contributed by atoms with Crippen LogP contribution < -0.4 is 85.5 Å². The predicted molar refractivity (Wildman–Crippen MR) is 116 cm³/mol. The van der Waals surface area contributed by atoms with Crippen LogP contribution in [0.2, 0.25) is 0 Å². The predicted octanol–water partition coefficient (Wildman–Crippen LogP) is -4.63. The first-order valence-corrected chi connectivity index (χ1v) is 10.0. The zero-order valence-corrected chi connectivity index (χ0v) is 23.8. The van der Waals surface area contributed by atoms with Gasteiger partial charge in [-0.25, -0.2) is 4.79 Å². The van der Waals surface area contributed by atoms with Crippen LogP contribution in [0, 0.1) is 6.92 Å². The molecular formula is C24H23N3Na2O5. The van der Waals surface area contributed by atoms with Crippen molar-refractivity contribution in [3.8, 4) is 5.75 Å². The second-order valence-electron chi connectivity index (χ2n) is 7.57. The molecule has 0 unspecified atom stereocenters. The van der Waals surface area contributed by atoms with Crippen LogP contribution in [0.15, 0.2) is 65.6 Å². The van der Waals surface area contributed by atoms with Gasteiger partial charge in [-0.1, -0.05) is 60.3 Å². The van der Waals surface area contributed by atoms with Crippen molar-refractivity contribution in [2.75, 3.05) is 5.32 Å². The molecule has 0 aliphatic carbocycles. The van der Waals surface area contributed by atoms with E-state index in [1.54, 1.807) is 12.1 Å². The Morgan fingerprint density at radius 2 is 1.68 bits per heavy atom. The summed E-state index contributed by atoms with van der Waals surface area (Å²) in [4.78, 5) is 36.1. The Morgan fingerprint density at radius 3 is 2.32 bits per heavy atom. The first-order valence-electron chi connectivity index (χ1n) is 10.0. The number of nitrogens with one attached hydrogen (secondary N) is 2. The standard InChI is InChI=1S/C24H25N3O5.2Na/c1-15-14-27(2)23(31)21(22(15)30)26-24(32)25-19(13-20(28)29)18-10-6-9-17(12-18)11-16-7-4-3-5-8-16;;/h3-10,12,14,19,30H,11,13H2,1-2H3,(H,28,29)(H2,25,26,32);;/q;2*+1/p-2/t19-;;/m0../s1. The van der Waals surface area contributed by atoms with Crippen LogP contribution in [0.1, 0.15) is 34.7 Å². The van der Waals surface area contributed by atoms with Crippen molar-refractivity contribution in [1.29, 1.82) is 0 Å². The maximum Gasteiger partial charge on any atom is 1.00 e. The quantitative estimate of drug-likeness (QED) is 0.330. The van der Waals surface area contributed by atoms with Crippen LogP contribution in [-0.2, 0) is 18.3 Å². The van der Waals surface area contributed by atoms with Crippen molar-refractivity contribution in [2.24, 2.45) is 7.05 Å². The number of anilines is 1. The van der Waals surface area contributed by atoms with Gasteiger partial charge >= 0.3 is 65.1 Å². The van der Waals surface area contributed by atoms with E-state index in [-0.39, 0.29) is 59.1 Å². The van der Waals surface area contributed by atoms with Crippen LogP contribution in [0.4, 0.5) is 10.5 Å². The Labute approximate surface area is 242 Å². The van der Waals surface area contributed by atoms with Gasteiger partial charge < -0.3 is 30.2 Å². The van der Waals surface area contributed by atoms with Crippen molar-refractivity contribution in [1.82, 2.24) is 9.88 Å². The van der Waals surface area contributed by atoms with E-state index in [0.29, 0.717) is 17.5 Å². The Hall–Kier alpha value is -2.07. The maximum absolute atomic E-state index is 12.6. The van der Waals surface area contributed by atoms with Crippen molar-refractivity contribution < 1.29 is 78.9 Å². The van der Waals surface area contributed by atoms with Gasteiger partial charge in [-0.2, -0.15) is 0 Å². The average Bonchev–Trinajstić information content (AvgIpc) is 2.75.